The van der Waals surface area contributed by atoms with Gasteiger partial charge in [0.25, 0.3) is 0 Å². The molecule has 0 spiro atoms. The molecule has 0 radical (unpaired) electrons. The minimum Gasteiger partial charge on any atom is -0.497 e. The molecule has 2 aromatic rings. The molecule has 0 bridgehead atoms. The number of nitrogens with one attached hydrogen (secondary N) is 1. The molecule has 134 valence electrons. The number of ether oxygens (including phenoxy) is 1. The molecule has 25 heavy (non-hydrogen) atoms. The summed E-state index contributed by atoms with van der Waals surface area (Å²) >= 11 is 0. The van der Waals surface area contributed by atoms with Gasteiger partial charge in [0.05, 0.1) is 13.2 Å². The van der Waals surface area contributed by atoms with E-state index >= 15 is 0 Å². The summed E-state index contributed by atoms with van der Waals surface area (Å²) in [6.45, 7) is 3.61. The van der Waals surface area contributed by atoms with E-state index in [1.54, 1.807) is 7.11 Å². The van der Waals surface area contributed by atoms with Gasteiger partial charge in [-0.15, -0.1) is 0 Å². The molecule has 1 aliphatic heterocycles. The van der Waals surface area contributed by atoms with E-state index in [1.165, 1.54) is 43.6 Å². The number of rotatable bonds is 7. The van der Waals surface area contributed by atoms with Crippen LogP contribution >= 0.6 is 0 Å². The maximum atomic E-state index is 10.3. The Morgan fingerprint density at radius 1 is 1.08 bits per heavy atom. The predicted octanol–water partition coefficient (Wildman–Crippen LogP) is 3.51. The van der Waals surface area contributed by atoms with Crippen LogP contribution in [0.5, 0.6) is 5.75 Å². The highest BCUT2D eigenvalue weighted by Crippen LogP contribution is 2.21. The van der Waals surface area contributed by atoms with E-state index in [2.05, 4.69) is 34.5 Å². The molecule has 0 aliphatic carbocycles. The molecule has 0 amide bonds. The first-order valence-corrected chi connectivity index (χ1v) is 9.13. The maximum Gasteiger partial charge on any atom is 0.119 e. The van der Waals surface area contributed by atoms with Crippen LogP contribution < -0.4 is 15.0 Å². The number of aliphatic hydroxyl groups excluding tert-OH is 1. The second kappa shape index (κ2) is 8.88. The number of piperidine rings is 1. The van der Waals surface area contributed by atoms with Crippen LogP contribution in [0.15, 0.2) is 48.5 Å². The fourth-order valence-corrected chi connectivity index (χ4v) is 3.30. The molecule has 1 unspecified atom stereocenters. The van der Waals surface area contributed by atoms with Gasteiger partial charge in [0.1, 0.15) is 5.75 Å². The Labute approximate surface area is 150 Å². The molecule has 0 saturated carbocycles. The molecule has 4 nitrogen and oxygen atoms in total. The van der Waals surface area contributed by atoms with Gasteiger partial charge >= 0.3 is 0 Å². The van der Waals surface area contributed by atoms with Crippen molar-refractivity contribution in [3.8, 4) is 5.75 Å². The number of aliphatic hydroxyl groups is 1. The first-order chi connectivity index (χ1) is 12.3. The molecule has 4 heteroatoms. The summed E-state index contributed by atoms with van der Waals surface area (Å²) in [6, 6.07) is 16.3. The van der Waals surface area contributed by atoms with Crippen molar-refractivity contribution in [1.82, 2.24) is 5.32 Å². The Bertz CT molecular complexity index is 651. The molecule has 1 fully saturated rings. The molecule has 2 aromatic carbocycles. The highest BCUT2D eigenvalue weighted by Gasteiger charge is 2.11. The predicted molar refractivity (Wildman–Crippen MR) is 102 cm³/mol. The number of hydrogen-bond acceptors (Lipinski definition) is 4. The Hall–Kier alpha value is -2.04. The number of methoxy groups -OCH3 is 1. The van der Waals surface area contributed by atoms with Crippen LogP contribution in [0.1, 0.15) is 36.5 Å². The van der Waals surface area contributed by atoms with E-state index in [0.29, 0.717) is 6.54 Å². The van der Waals surface area contributed by atoms with Crippen LogP contribution in [0.2, 0.25) is 0 Å². The van der Waals surface area contributed by atoms with E-state index in [-0.39, 0.29) is 0 Å². The quantitative estimate of drug-likeness (QED) is 0.810. The van der Waals surface area contributed by atoms with E-state index in [0.717, 1.165) is 17.9 Å². The summed E-state index contributed by atoms with van der Waals surface area (Å²) in [7, 11) is 1.64. The van der Waals surface area contributed by atoms with Crippen LogP contribution in [0, 0.1) is 0 Å². The second-order valence-corrected chi connectivity index (χ2v) is 6.64. The van der Waals surface area contributed by atoms with Crippen molar-refractivity contribution in [2.75, 3.05) is 31.6 Å². The Balaban J connectivity index is 1.48. The van der Waals surface area contributed by atoms with E-state index in [9.17, 15) is 5.11 Å². The second-order valence-electron chi connectivity index (χ2n) is 6.64. The molecule has 1 atom stereocenters. The SMILES string of the molecule is COc1cccc(C(O)CNCc2ccc(N3CCCCC3)cc2)c1. The zero-order valence-electron chi connectivity index (χ0n) is 14.9. The van der Waals surface area contributed by atoms with Crippen molar-refractivity contribution in [3.05, 3.63) is 59.7 Å². The van der Waals surface area contributed by atoms with E-state index in [4.69, 9.17) is 4.74 Å². The molecular weight excluding hydrogens is 312 g/mol. The summed E-state index contributed by atoms with van der Waals surface area (Å²) in [5.41, 5.74) is 3.42. The fraction of sp³-hybridized carbons (Fsp3) is 0.429. The standard InChI is InChI=1S/C21H28N2O2/c1-25-20-7-5-6-18(14-20)21(24)16-22-15-17-8-10-19(11-9-17)23-12-3-2-4-13-23/h5-11,14,21-22,24H,2-4,12-13,15-16H2,1H3. The highest BCUT2D eigenvalue weighted by molar-refractivity contribution is 5.47. The van der Waals surface area contributed by atoms with Crippen molar-refractivity contribution in [2.24, 2.45) is 0 Å². The maximum absolute atomic E-state index is 10.3. The van der Waals surface area contributed by atoms with Gasteiger partial charge in [-0.25, -0.2) is 0 Å². The van der Waals surface area contributed by atoms with Gasteiger partial charge in [-0.2, -0.15) is 0 Å². The van der Waals surface area contributed by atoms with Crippen LogP contribution in [-0.4, -0.2) is 31.9 Å². The van der Waals surface area contributed by atoms with Crippen molar-refractivity contribution < 1.29 is 9.84 Å². The summed E-state index contributed by atoms with van der Waals surface area (Å²) in [5.74, 6) is 0.768. The number of hydrogen-bond donors (Lipinski definition) is 2. The van der Waals surface area contributed by atoms with Crippen LogP contribution in [0.25, 0.3) is 0 Å². The zero-order valence-corrected chi connectivity index (χ0v) is 14.9. The highest BCUT2D eigenvalue weighted by atomic mass is 16.5. The molecule has 1 aliphatic rings. The lowest BCUT2D eigenvalue weighted by Gasteiger charge is -2.28. The van der Waals surface area contributed by atoms with Crippen LogP contribution in [-0.2, 0) is 6.54 Å². The topological polar surface area (TPSA) is 44.7 Å². The van der Waals surface area contributed by atoms with Gasteiger partial charge in [0.15, 0.2) is 0 Å². The van der Waals surface area contributed by atoms with Crippen LogP contribution in [0.4, 0.5) is 5.69 Å². The lowest BCUT2D eigenvalue weighted by molar-refractivity contribution is 0.174. The lowest BCUT2D eigenvalue weighted by Crippen LogP contribution is -2.29. The monoisotopic (exact) mass is 340 g/mol. The van der Waals surface area contributed by atoms with Gasteiger partial charge in [-0.1, -0.05) is 24.3 Å². The number of anilines is 1. The van der Waals surface area contributed by atoms with Crippen molar-refractivity contribution in [1.29, 1.82) is 0 Å². The van der Waals surface area contributed by atoms with E-state index in [1.807, 2.05) is 24.3 Å². The minimum atomic E-state index is -0.539. The van der Waals surface area contributed by atoms with Crippen molar-refractivity contribution in [2.45, 2.75) is 31.9 Å². The molecule has 3 rings (SSSR count). The van der Waals surface area contributed by atoms with Gasteiger partial charge in [0.2, 0.25) is 0 Å². The summed E-state index contributed by atoms with van der Waals surface area (Å²) in [6.07, 6.45) is 3.41. The van der Waals surface area contributed by atoms with Crippen molar-refractivity contribution >= 4 is 5.69 Å². The third-order valence-electron chi connectivity index (χ3n) is 4.80. The molecule has 2 N–H and O–H groups in total. The summed E-state index contributed by atoms with van der Waals surface area (Å²) in [4.78, 5) is 2.47. The van der Waals surface area contributed by atoms with Gasteiger partial charge < -0.3 is 20.1 Å². The number of benzene rings is 2. The van der Waals surface area contributed by atoms with E-state index < -0.39 is 6.10 Å². The Kier molecular flexibility index (Phi) is 6.31. The van der Waals surface area contributed by atoms with Crippen LogP contribution in [0.3, 0.4) is 0 Å². The molecule has 1 heterocycles. The minimum absolute atomic E-state index is 0.515. The van der Waals surface area contributed by atoms with Gasteiger partial charge in [-0.3, -0.25) is 0 Å². The smallest absolute Gasteiger partial charge is 0.119 e. The van der Waals surface area contributed by atoms with Gasteiger partial charge in [0, 0.05) is 31.9 Å². The molecule has 0 aromatic heterocycles. The third kappa shape index (κ3) is 4.97. The lowest BCUT2D eigenvalue weighted by atomic mass is 10.1. The fourth-order valence-electron chi connectivity index (χ4n) is 3.30. The van der Waals surface area contributed by atoms with Crippen molar-refractivity contribution in [3.63, 3.8) is 0 Å². The normalized spacial score (nSPS) is 15.8. The first-order valence-electron chi connectivity index (χ1n) is 9.13. The third-order valence-corrected chi connectivity index (χ3v) is 4.80. The zero-order chi connectivity index (χ0) is 17.5. The average Bonchev–Trinajstić information content (AvgIpc) is 2.69. The Morgan fingerprint density at radius 3 is 2.56 bits per heavy atom. The molecule has 1 saturated heterocycles. The largest absolute Gasteiger partial charge is 0.497 e. The number of nitrogens with zero attached hydrogens (tertiary/aromatic N) is 1. The summed E-state index contributed by atoms with van der Waals surface area (Å²) in [5, 5.41) is 13.6. The average molecular weight is 340 g/mol. The molecular formula is C21H28N2O2. The summed E-state index contributed by atoms with van der Waals surface area (Å²) < 4.78 is 5.20. The Morgan fingerprint density at radius 2 is 1.84 bits per heavy atom. The first kappa shape index (κ1) is 17.8. The van der Waals surface area contributed by atoms with Gasteiger partial charge in [-0.05, 0) is 54.7 Å².